The van der Waals surface area contributed by atoms with Crippen molar-refractivity contribution in [1.82, 2.24) is 0 Å². The third-order valence-electron chi connectivity index (χ3n) is 0.547. The number of aliphatic hydroxyl groups excluding tert-OH is 2. The second-order valence-corrected chi connectivity index (χ2v) is 1.36. The Balaban J connectivity index is 0. The summed E-state index contributed by atoms with van der Waals surface area (Å²) in [7, 11) is 0. The van der Waals surface area contributed by atoms with Gasteiger partial charge in [0.05, 0.1) is 6.10 Å². The molecular formula is C4H11NaO2. The molecule has 1 unspecified atom stereocenters. The molecule has 0 radical (unpaired) electrons. The topological polar surface area (TPSA) is 40.5 Å². The van der Waals surface area contributed by atoms with Crippen molar-refractivity contribution in [3.63, 3.8) is 0 Å². The van der Waals surface area contributed by atoms with E-state index in [0.717, 1.165) is 0 Å². The predicted molar refractivity (Wildman–Crippen MR) is 30.5 cm³/mol. The third kappa shape index (κ3) is 10.9. The average Bonchev–Trinajstić information content (AvgIpc) is 1.35. The summed E-state index contributed by atoms with van der Waals surface area (Å²) < 4.78 is 0. The zero-order valence-electron chi connectivity index (χ0n) is 3.89. The van der Waals surface area contributed by atoms with Crippen molar-refractivity contribution in [3.05, 3.63) is 0 Å². The van der Waals surface area contributed by atoms with Crippen LogP contribution in [0.2, 0.25) is 0 Å². The molecule has 1 atom stereocenters. The van der Waals surface area contributed by atoms with Crippen LogP contribution in [0, 0.1) is 0 Å². The molecule has 0 spiro atoms. The Kier molecular flexibility index (Phi) is 10.7. The first kappa shape index (κ1) is 10.8. The van der Waals surface area contributed by atoms with Gasteiger partial charge < -0.3 is 10.2 Å². The van der Waals surface area contributed by atoms with E-state index in [-0.39, 0.29) is 42.3 Å². The Labute approximate surface area is 65.8 Å². The first-order valence-electron chi connectivity index (χ1n) is 2.06. The fourth-order valence-electron chi connectivity index (χ4n) is 0.187. The van der Waals surface area contributed by atoms with Crippen LogP contribution in [0.1, 0.15) is 13.3 Å². The van der Waals surface area contributed by atoms with E-state index in [9.17, 15) is 0 Å². The molecule has 0 aromatic heterocycles. The number of hydrogen-bond donors (Lipinski definition) is 2. The second kappa shape index (κ2) is 6.92. The fraction of sp³-hybridized carbons (Fsp3) is 1.00. The van der Waals surface area contributed by atoms with Crippen molar-refractivity contribution in [2.45, 2.75) is 19.4 Å². The molecule has 0 saturated heterocycles. The zero-order valence-corrected chi connectivity index (χ0v) is 3.89. The van der Waals surface area contributed by atoms with Gasteiger partial charge in [-0.3, -0.25) is 0 Å². The molecule has 2 N–H and O–H groups in total. The molecule has 0 amide bonds. The van der Waals surface area contributed by atoms with E-state index in [0.29, 0.717) is 6.42 Å². The van der Waals surface area contributed by atoms with Gasteiger partial charge in [-0.25, -0.2) is 0 Å². The summed E-state index contributed by atoms with van der Waals surface area (Å²) in [5.41, 5.74) is 0. The van der Waals surface area contributed by atoms with Crippen molar-refractivity contribution in [2.24, 2.45) is 0 Å². The van der Waals surface area contributed by atoms with Crippen molar-refractivity contribution < 1.29 is 10.2 Å². The van der Waals surface area contributed by atoms with Crippen molar-refractivity contribution in [2.75, 3.05) is 6.61 Å². The van der Waals surface area contributed by atoms with E-state index in [4.69, 9.17) is 10.2 Å². The first-order valence-corrected chi connectivity index (χ1v) is 2.06. The molecule has 0 aromatic rings. The molecule has 2 nitrogen and oxygen atoms in total. The monoisotopic (exact) mass is 114 g/mol. The van der Waals surface area contributed by atoms with Gasteiger partial charge in [-0.1, -0.05) is 0 Å². The van der Waals surface area contributed by atoms with E-state index in [2.05, 4.69) is 0 Å². The molecule has 0 fully saturated rings. The van der Waals surface area contributed by atoms with E-state index < -0.39 is 0 Å². The molecule has 0 aliphatic carbocycles. The molecule has 0 aromatic carbocycles. The van der Waals surface area contributed by atoms with Crippen LogP contribution in [0.4, 0.5) is 0 Å². The molecule has 7 heavy (non-hydrogen) atoms. The van der Waals surface area contributed by atoms with Crippen molar-refractivity contribution >= 4 is 29.6 Å². The summed E-state index contributed by atoms with van der Waals surface area (Å²) in [6.45, 7) is 1.73. The van der Waals surface area contributed by atoms with Crippen LogP contribution >= 0.6 is 0 Å². The van der Waals surface area contributed by atoms with Gasteiger partial charge in [0.1, 0.15) is 0 Å². The van der Waals surface area contributed by atoms with Gasteiger partial charge in [0, 0.05) is 6.61 Å². The number of rotatable bonds is 2. The summed E-state index contributed by atoms with van der Waals surface area (Å²) >= 11 is 0. The van der Waals surface area contributed by atoms with Gasteiger partial charge in [0.2, 0.25) is 0 Å². The van der Waals surface area contributed by atoms with Gasteiger partial charge in [0.25, 0.3) is 0 Å². The van der Waals surface area contributed by atoms with Gasteiger partial charge in [-0.15, -0.1) is 0 Å². The van der Waals surface area contributed by atoms with E-state index >= 15 is 0 Å². The molecule has 0 saturated carbocycles. The summed E-state index contributed by atoms with van der Waals surface area (Å²) in [4.78, 5) is 0. The summed E-state index contributed by atoms with van der Waals surface area (Å²) in [5, 5.41) is 16.5. The molecule has 0 bridgehead atoms. The molecule has 0 aliphatic rings. The second-order valence-electron chi connectivity index (χ2n) is 1.36. The summed E-state index contributed by atoms with van der Waals surface area (Å²) in [6, 6.07) is 0. The standard InChI is InChI=1S/C4H10O2.Na.H/c1-4(6)2-3-5;;/h4-6H,2-3H2,1H3;;. The Morgan fingerprint density at radius 3 is 2.00 bits per heavy atom. The molecule has 3 heteroatoms. The molecule has 0 aliphatic heterocycles. The average molecular weight is 114 g/mol. The van der Waals surface area contributed by atoms with Gasteiger partial charge in [-0.05, 0) is 13.3 Å². The summed E-state index contributed by atoms with van der Waals surface area (Å²) in [5.74, 6) is 0. The number of hydrogen-bond acceptors (Lipinski definition) is 2. The molecule has 0 heterocycles. The molecule has 40 valence electrons. The Bertz CT molecular complexity index is 30.9. The van der Waals surface area contributed by atoms with Crippen LogP contribution in [-0.2, 0) is 0 Å². The fourth-order valence-corrected chi connectivity index (χ4v) is 0.187. The van der Waals surface area contributed by atoms with E-state index in [1.54, 1.807) is 6.92 Å². The number of aliphatic hydroxyl groups is 2. The maximum atomic E-state index is 8.39. The minimum atomic E-state index is -0.352. The van der Waals surface area contributed by atoms with E-state index in [1.807, 2.05) is 0 Å². The van der Waals surface area contributed by atoms with Crippen LogP contribution in [0.5, 0.6) is 0 Å². The van der Waals surface area contributed by atoms with E-state index in [1.165, 1.54) is 0 Å². The Morgan fingerprint density at radius 2 is 2.00 bits per heavy atom. The Morgan fingerprint density at radius 1 is 1.57 bits per heavy atom. The zero-order chi connectivity index (χ0) is 4.99. The molecule has 0 rings (SSSR count). The van der Waals surface area contributed by atoms with Crippen LogP contribution in [0.3, 0.4) is 0 Å². The quantitative estimate of drug-likeness (QED) is 0.457. The predicted octanol–water partition coefficient (Wildman–Crippen LogP) is -0.899. The summed E-state index contributed by atoms with van der Waals surface area (Å²) in [6.07, 6.45) is 0.134. The van der Waals surface area contributed by atoms with Gasteiger partial charge >= 0.3 is 29.6 Å². The maximum absolute atomic E-state index is 8.39. The van der Waals surface area contributed by atoms with Crippen LogP contribution in [0.15, 0.2) is 0 Å². The molecular weight excluding hydrogens is 103 g/mol. The minimum absolute atomic E-state index is 0. The van der Waals surface area contributed by atoms with Gasteiger partial charge in [0.15, 0.2) is 0 Å². The SMILES string of the molecule is CC(O)CCO.[NaH]. The van der Waals surface area contributed by atoms with Crippen molar-refractivity contribution in [3.8, 4) is 0 Å². The third-order valence-corrected chi connectivity index (χ3v) is 0.547. The van der Waals surface area contributed by atoms with Crippen LogP contribution in [0.25, 0.3) is 0 Å². The van der Waals surface area contributed by atoms with Gasteiger partial charge in [-0.2, -0.15) is 0 Å². The van der Waals surface area contributed by atoms with Crippen LogP contribution < -0.4 is 0 Å². The first-order chi connectivity index (χ1) is 2.77. The van der Waals surface area contributed by atoms with Crippen LogP contribution in [-0.4, -0.2) is 52.5 Å². The Hall–Kier alpha value is 0.920. The van der Waals surface area contributed by atoms with Crippen molar-refractivity contribution in [1.29, 1.82) is 0 Å². The normalized spacial score (nSPS) is 12.4.